The number of rotatable bonds is 7. The smallest absolute Gasteiger partial charge is 0.185 e. The summed E-state index contributed by atoms with van der Waals surface area (Å²) in [6.07, 6.45) is 4.92. The summed E-state index contributed by atoms with van der Waals surface area (Å²) >= 11 is 0. The van der Waals surface area contributed by atoms with Gasteiger partial charge in [0, 0.05) is 5.56 Å². The molecule has 23 heavy (non-hydrogen) atoms. The number of hydrogen-bond acceptors (Lipinski definition) is 3. The highest BCUT2D eigenvalue weighted by molar-refractivity contribution is 6.04. The Bertz CT molecular complexity index is 701. The largest absolute Gasteiger partial charge is 0.371 e. The third-order valence-corrected chi connectivity index (χ3v) is 3.67. The SMILES string of the molecule is N#C[C@@](O)(CCC/C=C/C(=O)c1ccccc1)c1ccccc1. The van der Waals surface area contributed by atoms with Gasteiger partial charge in [-0.25, -0.2) is 0 Å². The van der Waals surface area contributed by atoms with Crippen molar-refractivity contribution < 1.29 is 9.90 Å². The van der Waals surface area contributed by atoms with Crippen LogP contribution < -0.4 is 0 Å². The number of ketones is 1. The molecule has 0 saturated heterocycles. The van der Waals surface area contributed by atoms with Crippen LogP contribution in [0.1, 0.15) is 35.2 Å². The molecule has 2 rings (SSSR count). The number of unbranched alkanes of at least 4 members (excludes halogenated alkanes) is 1. The monoisotopic (exact) mass is 305 g/mol. The third-order valence-electron chi connectivity index (χ3n) is 3.67. The Morgan fingerprint density at radius 3 is 2.30 bits per heavy atom. The minimum Gasteiger partial charge on any atom is -0.371 e. The first-order valence-electron chi connectivity index (χ1n) is 7.61. The third kappa shape index (κ3) is 4.64. The van der Waals surface area contributed by atoms with Gasteiger partial charge in [0.15, 0.2) is 11.4 Å². The van der Waals surface area contributed by atoms with E-state index in [1.54, 1.807) is 48.6 Å². The maximum absolute atomic E-state index is 11.9. The number of hydrogen-bond donors (Lipinski definition) is 1. The zero-order valence-corrected chi connectivity index (χ0v) is 12.9. The van der Waals surface area contributed by atoms with Crippen molar-refractivity contribution in [3.05, 3.63) is 83.9 Å². The van der Waals surface area contributed by atoms with Crippen LogP contribution in [0, 0.1) is 11.3 Å². The van der Waals surface area contributed by atoms with Gasteiger partial charge in [0.1, 0.15) is 6.07 Å². The maximum atomic E-state index is 11.9. The standard InChI is InChI=1S/C20H19NO2/c21-16-20(23,18-12-6-2-7-13-18)15-9-3-8-14-19(22)17-10-4-1-5-11-17/h1-2,4-8,10-14,23H,3,9,15H2/b14-8+/t20-/m0/s1. The van der Waals surface area contributed by atoms with Crippen LogP contribution in [0.3, 0.4) is 0 Å². The second-order valence-electron chi connectivity index (χ2n) is 5.36. The molecule has 116 valence electrons. The molecule has 2 aromatic carbocycles. The van der Waals surface area contributed by atoms with Crippen LogP contribution in [0.4, 0.5) is 0 Å². The lowest BCUT2D eigenvalue weighted by Gasteiger charge is -2.20. The predicted molar refractivity (Wildman–Crippen MR) is 89.7 cm³/mol. The van der Waals surface area contributed by atoms with Gasteiger partial charge in [0.25, 0.3) is 0 Å². The molecule has 0 amide bonds. The van der Waals surface area contributed by atoms with Gasteiger partial charge in [-0.05, 0) is 30.9 Å². The van der Waals surface area contributed by atoms with Crippen LogP contribution in [0.25, 0.3) is 0 Å². The van der Waals surface area contributed by atoms with E-state index in [9.17, 15) is 15.2 Å². The van der Waals surface area contributed by atoms with E-state index in [0.717, 1.165) is 0 Å². The van der Waals surface area contributed by atoms with Crippen molar-refractivity contribution in [2.75, 3.05) is 0 Å². The number of nitriles is 1. The second-order valence-corrected chi connectivity index (χ2v) is 5.36. The summed E-state index contributed by atoms with van der Waals surface area (Å²) < 4.78 is 0. The van der Waals surface area contributed by atoms with E-state index < -0.39 is 5.60 Å². The van der Waals surface area contributed by atoms with Gasteiger partial charge in [-0.1, -0.05) is 66.7 Å². The minimum absolute atomic E-state index is 0.0378. The molecule has 0 aliphatic rings. The zero-order valence-electron chi connectivity index (χ0n) is 12.9. The minimum atomic E-state index is -1.47. The Morgan fingerprint density at radius 1 is 1.09 bits per heavy atom. The number of allylic oxidation sites excluding steroid dienone is 2. The number of carbonyl (C=O) groups excluding carboxylic acids is 1. The number of nitrogens with zero attached hydrogens (tertiary/aromatic N) is 1. The fourth-order valence-corrected chi connectivity index (χ4v) is 2.34. The molecule has 0 unspecified atom stereocenters. The first-order chi connectivity index (χ1) is 11.2. The second kappa shape index (κ2) is 8.07. The molecular weight excluding hydrogens is 286 g/mol. The molecule has 3 nitrogen and oxygen atoms in total. The van der Waals surface area contributed by atoms with E-state index in [2.05, 4.69) is 0 Å². The van der Waals surface area contributed by atoms with Crippen molar-refractivity contribution in [2.24, 2.45) is 0 Å². The van der Waals surface area contributed by atoms with Crippen molar-refractivity contribution in [3.8, 4) is 6.07 Å². The molecule has 1 N–H and O–H groups in total. The summed E-state index contributed by atoms with van der Waals surface area (Å²) in [5.41, 5.74) is -0.216. The fraction of sp³-hybridized carbons (Fsp3) is 0.200. The average molecular weight is 305 g/mol. The lowest BCUT2D eigenvalue weighted by Crippen LogP contribution is -2.23. The molecule has 3 heteroatoms. The summed E-state index contributed by atoms with van der Waals surface area (Å²) in [6, 6.07) is 20.0. The molecule has 0 fully saturated rings. The zero-order chi connectivity index (χ0) is 16.5. The van der Waals surface area contributed by atoms with Crippen molar-refractivity contribution in [1.82, 2.24) is 0 Å². The first-order valence-corrected chi connectivity index (χ1v) is 7.61. The number of benzene rings is 2. The highest BCUT2D eigenvalue weighted by Crippen LogP contribution is 2.26. The van der Waals surface area contributed by atoms with Crippen LogP contribution in [0.15, 0.2) is 72.8 Å². The van der Waals surface area contributed by atoms with Crippen LogP contribution in [-0.4, -0.2) is 10.9 Å². The van der Waals surface area contributed by atoms with Gasteiger partial charge in [0.2, 0.25) is 0 Å². The molecule has 2 aromatic rings. The number of aliphatic hydroxyl groups is 1. The molecule has 0 aromatic heterocycles. The summed E-state index contributed by atoms with van der Waals surface area (Å²) in [5, 5.41) is 19.7. The van der Waals surface area contributed by atoms with Crippen molar-refractivity contribution in [3.63, 3.8) is 0 Å². The quantitative estimate of drug-likeness (QED) is 0.364. The molecule has 0 saturated carbocycles. The summed E-state index contributed by atoms with van der Waals surface area (Å²) in [6.45, 7) is 0. The molecule has 0 aliphatic heterocycles. The van der Waals surface area contributed by atoms with E-state index in [4.69, 9.17) is 0 Å². The maximum Gasteiger partial charge on any atom is 0.185 e. The molecule has 0 heterocycles. The molecule has 1 atom stereocenters. The van der Waals surface area contributed by atoms with Crippen molar-refractivity contribution in [2.45, 2.75) is 24.9 Å². The van der Waals surface area contributed by atoms with Crippen LogP contribution in [0.5, 0.6) is 0 Å². The van der Waals surface area contributed by atoms with Crippen molar-refractivity contribution in [1.29, 1.82) is 5.26 Å². The highest BCUT2D eigenvalue weighted by Gasteiger charge is 2.27. The van der Waals surface area contributed by atoms with E-state index in [0.29, 0.717) is 30.4 Å². The molecule has 0 bridgehead atoms. The van der Waals surface area contributed by atoms with Crippen molar-refractivity contribution >= 4 is 5.78 Å². The number of carbonyl (C=O) groups is 1. The lowest BCUT2D eigenvalue weighted by atomic mass is 9.90. The Balaban J connectivity index is 1.86. The summed E-state index contributed by atoms with van der Waals surface area (Å²) in [7, 11) is 0. The van der Waals surface area contributed by atoms with E-state index in [1.165, 1.54) is 0 Å². The van der Waals surface area contributed by atoms with E-state index >= 15 is 0 Å². The Labute approximate surface area is 136 Å². The van der Waals surface area contributed by atoms with Crippen LogP contribution in [-0.2, 0) is 5.60 Å². The van der Waals surface area contributed by atoms with Gasteiger partial charge in [-0.15, -0.1) is 0 Å². The summed E-state index contributed by atoms with van der Waals surface area (Å²) in [4.78, 5) is 11.9. The Hall–Kier alpha value is -2.70. The predicted octanol–water partition coefficient (Wildman–Crippen LogP) is 4.01. The molecule has 0 spiro atoms. The topological polar surface area (TPSA) is 61.1 Å². The molecule has 0 radical (unpaired) electrons. The van der Waals surface area contributed by atoms with Gasteiger partial charge in [-0.3, -0.25) is 4.79 Å². The van der Waals surface area contributed by atoms with Crippen LogP contribution in [0.2, 0.25) is 0 Å². The Kier molecular flexibility index (Phi) is 5.85. The highest BCUT2D eigenvalue weighted by atomic mass is 16.3. The van der Waals surface area contributed by atoms with Gasteiger partial charge < -0.3 is 5.11 Å². The van der Waals surface area contributed by atoms with Gasteiger partial charge >= 0.3 is 0 Å². The molecular formula is C20H19NO2. The average Bonchev–Trinajstić information content (AvgIpc) is 2.62. The normalized spacial score (nSPS) is 13.4. The summed E-state index contributed by atoms with van der Waals surface area (Å²) in [5.74, 6) is -0.0378. The van der Waals surface area contributed by atoms with Gasteiger partial charge in [0.05, 0.1) is 0 Å². The van der Waals surface area contributed by atoms with E-state index in [-0.39, 0.29) is 5.78 Å². The van der Waals surface area contributed by atoms with E-state index in [1.807, 2.05) is 30.3 Å². The molecule has 0 aliphatic carbocycles. The first kappa shape index (κ1) is 16.7. The fourth-order valence-electron chi connectivity index (χ4n) is 2.34. The lowest BCUT2D eigenvalue weighted by molar-refractivity contribution is 0.0857. The van der Waals surface area contributed by atoms with Crippen LogP contribution >= 0.6 is 0 Å². The Morgan fingerprint density at radius 2 is 1.70 bits per heavy atom. The van der Waals surface area contributed by atoms with Gasteiger partial charge in [-0.2, -0.15) is 5.26 Å².